The number of hydrogen-bond donors (Lipinski definition) is 1. The normalized spacial score (nSPS) is 10.2. The van der Waals surface area contributed by atoms with Crippen molar-refractivity contribution in [3.05, 3.63) is 53.7 Å². The number of carbonyl (C=O) groups is 1. The SMILES string of the molecule is Nc1cc(C(=O)c2ccco2)ccc1F. The maximum atomic E-state index is 12.8. The molecule has 2 N–H and O–H groups in total. The van der Waals surface area contributed by atoms with Crippen molar-refractivity contribution in [3.63, 3.8) is 0 Å². The van der Waals surface area contributed by atoms with E-state index in [1.807, 2.05) is 0 Å². The van der Waals surface area contributed by atoms with Gasteiger partial charge in [0.2, 0.25) is 5.78 Å². The quantitative estimate of drug-likeness (QED) is 0.604. The summed E-state index contributed by atoms with van der Waals surface area (Å²) in [7, 11) is 0. The van der Waals surface area contributed by atoms with Crippen LogP contribution in [0.15, 0.2) is 41.0 Å². The van der Waals surface area contributed by atoms with Crippen LogP contribution in [0, 0.1) is 5.82 Å². The molecule has 0 saturated carbocycles. The monoisotopic (exact) mass is 205 g/mol. The summed E-state index contributed by atoms with van der Waals surface area (Å²) in [6.45, 7) is 0. The predicted octanol–water partition coefficient (Wildman–Crippen LogP) is 2.23. The van der Waals surface area contributed by atoms with E-state index in [1.165, 1.54) is 18.4 Å². The number of nitrogen functional groups attached to an aromatic ring is 1. The van der Waals surface area contributed by atoms with E-state index in [0.717, 1.165) is 6.07 Å². The van der Waals surface area contributed by atoms with Crippen LogP contribution in [0.2, 0.25) is 0 Å². The van der Waals surface area contributed by atoms with Crippen LogP contribution in [0.3, 0.4) is 0 Å². The molecule has 0 amide bonds. The topological polar surface area (TPSA) is 56.2 Å². The molecule has 1 aromatic heterocycles. The van der Waals surface area contributed by atoms with Crippen molar-refractivity contribution in [1.82, 2.24) is 0 Å². The first-order valence-electron chi connectivity index (χ1n) is 4.31. The van der Waals surface area contributed by atoms with Gasteiger partial charge in [0, 0.05) is 5.56 Å². The molecule has 3 nitrogen and oxygen atoms in total. The minimum Gasteiger partial charge on any atom is -0.461 e. The molecule has 1 heterocycles. The van der Waals surface area contributed by atoms with E-state index in [2.05, 4.69) is 0 Å². The van der Waals surface area contributed by atoms with Gasteiger partial charge in [-0.05, 0) is 30.3 Å². The predicted molar refractivity (Wildman–Crippen MR) is 53.0 cm³/mol. The van der Waals surface area contributed by atoms with Crippen molar-refractivity contribution in [2.75, 3.05) is 5.73 Å². The maximum absolute atomic E-state index is 12.8. The van der Waals surface area contributed by atoms with Gasteiger partial charge in [0.1, 0.15) is 5.82 Å². The fourth-order valence-electron chi connectivity index (χ4n) is 1.24. The number of anilines is 1. The average molecular weight is 205 g/mol. The smallest absolute Gasteiger partial charge is 0.228 e. The summed E-state index contributed by atoms with van der Waals surface area (Å²) < 4.78 is 17.8. The summed E-state index contributed by atoms with van der Waals surface area (Å²) in [4.78, 5) is 11.7. The van der Waals surface area contributed by atoms with Crippen molar-refractivity contribution in [1.29, 1.82) is 0 Å². The van der Waals surface area contributed by atoms with Gasteiger partial charge in [0.25, 0.3) is 0 Å². The molecular formula is C11H8FNO2. The molecule has 0 spiro atoms. The highest BCUT2D eigenvalue weighted by Gasteiger charge is 2.12. The van der Waals surface area contributed by atoms with Gasteiger partial charge < -0.3 is 10.2 Å². The Morgan fingerprint density at radius 1 is 1.33 bits per heavy atom. The Balaban J connectivity index is 2.39. The second-order valence-electron chi connectivity index (χ2n) is 3.04. The molecular weight excluding hydrogens is 197 g/mol. The van der Waals surface area contributed by atoms with E-state index in [4.69, 9.17) is 10.2 Å². The second-order valence-corrected chi connectivity index (χ2v) is 3.04. The lowest BCUT2D eigenvalue weighted by Crippen LogP contribution is -2.01. The summed E-state index contributed by atoms with van der Waals surface area (Å²) >= 11 is 0. The standard InChI is InChI=1S/C11H8FNO2/c12-8-4-3-7(6-9(8)13)11(14)10-2-1-5-15-10/h1-6H,13H2. The van der Waals surface area contributed by atoms with Gasteiger partial charge in [-0.2, -0.15) is 0 Å². The Morgan fingerprint density at radius 3 is 2.73 bits per heavy atom. The summed E-state index contributed by atoms with van der Waals surface area (Å²) in [5.41, 5.74) is 5.61. The Kier molecular flexibility index (Phi) is 2.25. The summed E-state index contributed by atoms with van der Waals surface area (Å²) in [5.74, 6) is -0.640. The van der Waals surface area contributed by atoms with Crippen LogP contribution < -0.4 is 5.73 Å². The molecule has 0 aliphatic heterocycles. The Labute approximate surface area is 85.3 Å². The third kappa shape index (κ3) is 1.74. The zero-order chi connectivity index (χ0) is 10.8. The van der Waals surface area contributed by atoms with Crippen LogP contribution in [0.4, 0.5) is 10.1 Å². The van der Waals surface area contributed by atoms with Crippen molar-refractivity contribution < 1.29 is 13.6 Å². The number of benzene rings is 1. The van der Waals surface area contributed by atoms with Gasteiger partial charge in [-0.3, -0.25) is 4.79 Å². The third-order valence-electron chi connectivity index (χ3n) is 2.00. The summed E-state index contributed by atoms with van der Waals surface area (Å²) in [5, 5.41) is 0. The third-order valence-corrected chi connectivity index (χ3v) is 2.00. The first kappa shape index (κ1) is 9.45. The first-order chi connectivity index (χ1) is 7.18. The second kappa shape index (κ2) is 3.57. The molecule has 76 valence electrons. The molecule has 0 unspecified atom stereocenters. The molecule has 0 aliphatic carbocycles. The van der Waals surface area contributed by atoms with E-state index in [1.54, 1.807) is 12.1 Å². The molecule has 0 atom stereocenters. The van der Waals surface area contributed by atoms with Crippen LogP contribution in [-0.2, 0) is 0 Å². The van der Waals surface area contributed by atoms with E-state index >= 15 is 0 Å². The van der Waals surface area contributed by atoms with E-state index < -0.39 is 5.82 Å². The number of nitrogens with two attached hydrogens (primary N) is 1. The molecule has 0 fully saturated rings. The van der Waals surface area contributed by atoms with E-state index in [0.29, 0.717) is 5.56 Å². The number of furan rings is 1. The number of rotatable bonds is 2. The molecule has 4 heteroatoms. The van der Waals surface area contributed by atoms with Gasteiger partial charge in [0.15, 0.2) is 5.76 Å². The van der Waals surface area contributed by atoms with Gasteiger partial charge in [-0.15, -0.1) is 0 Å². The number of hydrogen-bond acceptors (Lipinski definition) is 3. The van der Waals surface area contributed by atoms with Crippen molar-refractivity contribution in [2.45, 2.75) is 0 Å². The van der Waals surface area contributed by atoms with Crippen molar-refractivity contribution in [2.24, 2.45) is 0 Å². The van der Waals surface area contributed by atoms with Gasteiger partial charge in [-0.25, -0.2) is 4.39 Å². The molecule has 0 bridgehead atoms. The highest BCUT2D eigenvalue weighted by Crippen LogP contribution is 2.16. The van der Waals surface area contributed by atoms with Crippen LogP contribution in [0.25, 0.3) is 0 Å². The lowest BCUT2D eigenvalue weighted by molar-refractivity contribution is 0.101. The number of ketones is 1. The fraction of sp³-hybridized carbons (Fsp3) is 0. The van der Waals surface area contributed by atoms with Gasteiger partial charge >= 0.3 is 0 Å². The first-order valence-corrected chi connectivity index (χ1v) is 4.31. The van der Waals surface area contributed by atoms with Crippen LogP contribution >= 0.6 is 0 Å². The zero-order valence-electron chi connectivity index (χ0n) is 7.74. The highest BCUT2D eigenvalue weighted by molar-refractivity contribution is 6.07. The van der Waals surface area contributed by atoms with Crippen molar-refractivity contribution in [3.8, 4) is 0 Å². The van der Waals surface area contributed by atoms with E-state index in [-0.39, 0.29) is 17.2 Å². The average Bonchev–Trinajstić information content (AvgIpc) is 2.74. The minimum atomic E-state index is -0.536. The van der Waals surface area contributed by atoms with Crippen LogP contribution in [0.5, 0.6) is 0 Å². The molecule has 15 heavy (non-hydrogen) atoms. The summed E-state index contributed by atoms with van der Waals surface area (Å²) in [6, 6.07) is 6.98. The summed E-state index contributed by atoms with van der Waals surface area (Å²) in [6.07, 6.45) is 1.40. The van der Waals surface area contributed by atoms with Gasteiger partial charge in [0.05, 0.1) is 12.0 Å². The maximum Gasteiger partial charge on any atom is 0.228 e. The largest absolute Gasteiger partial charge is 0.461 e. The van der Waals surface area contributed by atoms with Crippen molar-refractivity contribution >= 4 is 11.5 Å². The van der Waals surface area contributed by atoms with Crippen LogP contribution in [-0.4, -0.2) is 5.78 Å². The fourth-order valence-corrected chi connectivity index (χ4v) is 1.24. The molecule has 2 aromatic rings. The lowest BCUT2D eigenvalue weighted by Gasteiger charge is -2.00. The van der Waals surface area contributed by atoms with Gasteiger partial charge in [-0.1, -0.05) is 0 Å². The number of halogens is 1. The lowest BCUT2D eigenvalue weighted by atomic mass is 10.1. The number of carbonyl (C=O) groups excluding carboxylic acids is 1. The molecule has 0 saturated heterocycles. The van der Waals surface area contributed by atoms with E-state index in [9.17, 15) is 9.18 Å². The highest BCUT2D eigenvalue weighted by atomic mass is 19.1. The Hall–Kier alpha value is -2.10. The van der Waals surface area contributed by atoms with Crippen LogP contribution in [0.1, 0.15) is 16.1 Å². The Morgan fingerprint density at radius 2 is 2.13 bits per heavy atom. The Bertz CT molecular complexity index is 491. The zero-order valence-corrected chi connectivity index (χ0v) is 7.74. The molecule has 1 aromatic carbocycles. The molecule has 0 radical (unpaired) electrons. The molecule has 0 aliphatic rings. The minimum absolute atomic E-state index is 0.0487. The molecule has 2 rings (SSSR count).